The Balaban J connectivity index is 1.83. The fraction of sp³-hybridized carbons (Fsp3) is 0.0476. The minimum atomic E-state index is -1.08. The molecule has 5 nitrogen and oxygen atoms in total. The smallest absolute Gasteiger partial charge is 0.338 e. The average Bonchev–Trinajstić information content (AvgIpc) is 3.23. The molecule has 0 radical (unpaired) electrons. The van der Waals surface area contributed by atoms with E-state index in [1.807, 2.05) is 0 Å². The molecule has 2 aromatic heterocycles. The number of nitrogens with zero attached hydrogens (tertiary/aromatic N) is 1. The first kappa shape index (κ1) is 18.5. The fourth-order valence-corrected chi connectivity index (χ4v) is 4.17. The van der Waals surface area contributed by atoms with Gasteiger partial charge in [0.05, 0.1) is 11.1 Å². The van der Waals surface area contributed by atoms with E-state index in [-0.39, 0.29) is 11.3 Å². The Labute approximate surface area is 173 Å². The number of hydrogen-bond acceptors (Lipinski definition) is 3. The summed E-state index contributed by atoms with van der Waals surface area (Å²) >= 11 is 9.41. The largest absolute Gasteiger partial charge is 0.478 e. The summed E-state index contributed by atoms with van der Waals surface area (Å²) in [5.41, 5.74) is 1.73. The zero-order chi connectivity index (χ0) is 20.0. The highest BCUT2D eigenvalue weighted by Crippen LogP contribution is 2.33. The first-order valence-electron chi connectivity index (χ1n) is 8.31. The van der Waals surface area contributed by atoms with Crippen LogP contribution in [0.15, 0.2) is 63.5 Å². The summed E-state index contributed by atoms with van der Waals surface area (Å²) in [4.78, 5) is 24.8. The number of rotatable bonds is 3. The molecule has 4 rings (SSSR count). The van der Waals surface area contributed by atoms with Gasteiger partial charge in [0.15, 0.2) is 5.76 Å². The Morgan fingerprint density at radius 2 is 1.86 bits per heavy atom. The van der Waals surface area contributed by atoms with E-state index in [0.29, 0.717) is 27.4 Å². The van der Waals surface area contributed by atoms with Gasteiger partial charge in [-0.05, 0) is 59.3 Å². The van der Waals surface area contributed by atoms with Crippen molar-refractivity contribution >= 4 is 50.3 Å². The molecule has 0 unspecified atom stereocenters. The lowest BCUT2D eigenvalue weighted by atomic mass is 10.1. The van der Waals surface area contributed by atoms with E-state index in [4.69, 9.17) is 16.0 Å². The number of halogens is 2. The van der Waals surface area contributed by atoms with Crippen molar-refractivity contribution in [3.05, 3.63) is 81.1 Å². The molecule has 7 heteroatoms. The molecule has 140 valence electrons. The number of carbonyl (C=O) groups is 2. The van der Waals surface area contributed by atoms with Crippen molar-refractivity contribution in [2.75, 3.05) is 0 Å². The number of furan rings is 1. The van der Waals surface area contributed by atoms with Crippen LogP contribution in [-0.4, -0.2) is 21.6 Å². The number of benzene rings is 2. The number of aromatic nitrogens is 1. The van der Waals surface area contributed by atoms with Crippen molar-refractivity contribution in [2.45, 2.75) is 6.92 Å². The van der Waals surface area contributed by atoms with Gasteiger partial charge in [0, 0.05) is 26.1 Å². The Morgan fingerprint density at radius 3 is 2.57 bits per heavy atom. The molecule has 2 aromatic carbocycles. The summed E-state index contributed by atoms with van der Waals surface area (Å²) < 4.78 is 7.90. The van der Waals surface area contributed by atoms with Crippen molar-refractivity contribution in [2.24, 2.45) is 0 Å². The van der Waals surface area contributed by atoms with Crippen molar-refractivity contribution in [1.82, 2.24) is 4.57 Å². The van der Waals surface area contributed by atoms with Gasteiger partial charge in [-0.2, -0.15) is 0 Å². The van der Waals surface area contributed by atoms with Crippen molar-refractivity contribution in [3.63, 3.8) is 0 Å². The molecule has 1 N–H and O–H groups in total. The molecular weight excluding hydrogens is 446 g/mol. The number of carboxylic acids is 1. The Morgan fingerprint density at radius 1 is 1.11 bits per heavy atom. The molecular formula is C21H13BrClNO4. The third-order valence-corrected chi connectivity index (χ3v) is 5.43. The minimum Gasteiger partial charge on any atom is -0.478 e. The van der Waals surface area contributed by atoms with Crippen LogP contribution in [0, 0.1) is 6.92 Å². The second-order valence-electron chi connectivity index (χ2n) is 6.21. The molecule has 4 aromatic rings. The van der Waals surface area contributed by atoms with Crippen LogP contribution in [0.5, 0.6) is 0 Å². The van der Waals surface area contributed by atoms with Gasteiger partial charge in [-0.25, -0.2) is 4.79 Å². The molecule has 0 saturated heterocycles. The first-order valence-corrected chi connectivity index (χ1v) is 9.49. The molecule has 0 spiro atoms. The van der Waals surface area contributed by atoms with Gasteiger partial charge in [0.1, 0.15) is 5.76 Å². The number of fused-ring (bicyclic) bond motifs is 1. The molecule has 0 bridgehead atoms. The predicted octanol–water partition coefficient (Wildman–Crippen LogP) is 6.01. The monoisotopic (exact) mass is 457 g/mol. The number of para-hydroxylation sites is 1. The van der Waals surface area contributed by atoms with Gasteiger partial charge in [-0.1, -0.05) is 29.8 Å². The van der Waals surface area contributed by atoms with E-state index in [0.717, 1.165) is 10.0 Å². The first-order chi connectivity index (χ1) is 13.4. The molecule has 28 heavy (non-hydrogen) atoms. The van der Waals surface area contributed by atoms with Crippen LogP contribution >= 0.6 is 27.5 Å². The number of hydrogen-bond donors (Lipinski definition) is 1. The summed E-state index contributed by atoms with van der Waals surface area (Å²) in [7, 11) is 0. The van der Waals surface area contributed by atoms with Crippen LogP contribution in [0.1, 0.15) is 26.6 Å². The average molecular weight is 459 g/mol. The van der Waals surface area contributed by atoms with E-state index in [1.165, 1.54) is 4.57 Å². The fourth-order valence-electron chi connectivity index (χ4n) is 3.30. The standard InChI is InChI=1S/C21H13BrClNO4/c1-11-19(21(26)27)14-4-2-3-5-16(14)24(11)20(25)18-9-8-17(28-18)13-7-6-12(23)10-15(13)22/h2-10H,1H3,(H,26,27). The van der Waals surface area contributed by atoms with E-state index >= 15 is 0 Å². The predicted molar refractivity (Wildman–Crippen MR) is 110 cm³/mol. The minimum absolute atomic E-state index is 0.108. The third kappa shape index (κ3) is 2.95. The van der Waals surface area contributed by atoms with Crippen molar-refractivity contribution in [3.8, 4) is 11.3 Å². The van der Waals surface area contributed by atoms with E-state index in [2.05, 4.69) is 15.9 Å². The van der Waals surface area contributed by atoms with E-state index in [1.54, 1.807) is 61.5 Å². The van der Waals surface area contributed by atoms with Gasteiger partial charge in [-0.3, -0.25) is 9.36 Å². The van der Waals surface area contributed by atoms with Gasteiger partial charge in [0.25, 0.3) is 5.91 Å². The molecule has 0 aliphatic rings. The summed E-state index contributed by atoms with van der Waals surface area (Å²) in [6.07, 6.45) is 0. The van der Waals surface area contributed by atoms with Crippen LogP contribution in [0.2, 0.25) is 5.02 Å². The molecule has 0 amide bonds. The summed E-state index contributed by atoms with van der Waals surface area (Å²) in [5.74, 6) is -0.903. The van der Waals surface area contributed by atoms with Crippen LogP contribution in [0.25, 0.3) is 22.2 Å². The highest BCUT2D eigenvalue weighted by Gasteiger charge is 2.25. The lowest BCUT2D eigenvalue weighted by Crippen LogP contribution is -2.13. The lowest BCUT2D eigenvalue weighted by molar-refractivity contribution is 0.0698. The Kier molecular flexibility index (Phi) is 4.61. The van der Waals surface area contributed by atoms with Gasteiger partial charge >= 0.3 is 5.97 Å². The van der Waals surface area contributed by atoms with Gasteiger partial charge < -0.3 is 9.52 Å². The molecule has 0 fully saturated rings. The summed E-state index contributed by atoms with van der Waals surface area (Å²) in [5, 5.41) is 10.7. The molecule has 0 atom stereocenters. The SMILES string of the molecule is Cc1c(C(=O)O)c2ccccc2n1C(=O)c1ccc(-c2ccc(Cl)cc2Br)o1. The van der Waals surface area contributed by atoms with Gasteiger partial charge in [0.2, 0.25) is 0 Å². The Bertz CT molecular complexity index is 1250. The maximum absolute atomic E-state index is 13.1. The zero-order valence-corrected chi connectivity index (χ0v) is 16.9. The maximum atomic E-state index is 13.1. The molecule has 0 aliphatic heterocycles. The van der Waals surface area contributed by atoms with Crippen LogP contribution in [0.3, 0.4) is 0 Å². The Hall–Kier alpha value is -2.83. The molecule has 2 heterocycles. The van der Waals surface area contributed by atoms with Crippen molar-refractivity contribution in [1.29, 1.82) is 0 Å². The highest BCUT2D eigenvalue weighted by molar-refractivity contribution is 9.10. The highest BCUT2D eigenvalue weighted by atomic mass is 79.9. The van der Waals surface area contributed by atoms with Crippen LogP contribution in [-0.2, 0) is 0 Å². The molecule has 0 saturated carbocycles. The second-order valence-corrected chi connectivity index (χ2v) is 7.50. The van der Waals surface area contributed by atoms with Crippen molar-refractivity contribution < 1.29 is 19.1 Å². The normalized spacial score (nSPS) is 11.1. The van der Waals surface area contributed by atoms with Gasteiger partial charge in [-0.15, -0.1) is 0 Å². The van der Waals surface area contributed by atoms with Crippen LogP contribution in [0.4, 0.5) is 0 Å². The summed E-state index contributed by atoms with van der Waals surface area (Å²) in [6.45, 7) is 1.61. The lowest BCUT2D eigenvalue weighted by Gasteiger charge is -2.05. The molecule has 0 aliphatic carbocycles. The number of carboxylic acid groups (broad SMARTS) is 1. The van der Waals surface area contributed by atoms with E-state index in [9.17, 15) is 14.7 Å². The topological polar surface area (TPSA) is 72.4 Å². The second kappa shape index (κ2) is 6.96. The number of aromatic carboxylic acids is 1. The zero-order valence-electron chi connectivity index (χ0n) is 14.6. The van der Waals surface area contributed by atoms with Crippen LogP contribution < -0.4 is 0 Å². The maximum Gasteiger partial charge on any atom is 0.338 e. The van der Waals surface area contributed by atoms with E-state index < -0.39 is 11.9 Å². The quantitative estimate of drug-likeness (QED) is 0.408. The number of carbonyl (C=O) groups excluding carboxylic acids is 1. The third-order valence-electron chi connectivity index (χ3n) is 4.54. The summed E-state index contributed by atoms with van der Waals surface area (Å²) in [6, 6.07) is 15.4.